The van der Waals surface area contributed by atoms with E-state index in [0.717, 1.165) is 16.0 Å². The number of fused-ring (bicyclic) bond motifs is 1. The van der Waals surface area contributed by atoms with Crippen molar-refractivity contribution >= 4 is 16.7 Å². The zero-order valence-corrected chi connectivity index (χ0v) is 11.9. The molecule has 1 atom stereocenters. The van der Waals surface area contributed by atoms with Crippen molar-refractivity contribution in [2.75, 3.05) is 6.54 Å². The molecule has 1 heterocycles. The molecule has 0 saturated carbocycles. The summed E-state index contributed by atoms with van der Waals surface area (Å²) in [6.07, 6.45) is -4.40. The Bertz CT molecular complexity index is 722. The lowest BCUT2D eigenvalue weighted by Gasteiger charge is -2.30. The zero-order chi connectivity index (χ0) is 15.9. The van der Waals surface area contributed by atoms with Gasteiger partial charge in [-0.05, 0) is 28.8 Å². The first-order valence-corrected chi connectivity index (χ1v) is 6.99. The number of hydrogen-bond donors (Lipinski definition) is 1. The summed E-state index contributed by atoms with van der Waals surface area (Å²) in [5.74, 6) is -0.383. The Kier molecular flexibility index (Phi) is 3.56. The van der Waals surface area contributed by atoms with Gasteiger partial charge in [0.15, 0.2) is 6.04 Å². The van der Waals surface area contributed by atoms with Crippen LogP contribution in [0.25, 0.3) is 10.8 Å². The molecule has 6 heteroatoms. The van der Waals surface area contributed by atoms with Gasteiger partial charge in [0.25, 0.3) is 0 Å². The predicted octanol–water partition coefficient (Wildman–Crippen LogP) is 3.49. The van der Waals surface area contributed by atoms with Gasteiger partial charge < -0.3 is 0 Å². The van der Waals surface area contributed by atoms with Gasteiger partial charge in [0.05, 0.1) is 0 Å². The maximum Gasteiger partial charge on any atom is 0.409 e. The topological polar surface area (TPSA) is 32.3 Å². The Morgan fingerprint density at radius 1 is 1.18 bits per heavy atom. The molecule has 0 radical (unpaired) electrons. The number of hydrazine groups is 1. The van der Waals surface area contributed by atoms with Crippen LogP contribution < -0.4 is 5.43 Å². The van der Waals surface area contributed by atoms with Gasteiger partial charge in [-0.15, -0.1) is 0 Å². The molecule has 1 N–H and O–H groups in total. The van der Waals surface area contributed by atoms with Gasteiger partial charge in [-0.2, -0.15) is 13.2 Å². The Morgan fingerprint density at radius 3 is 2.45 bits per heavy atom. The van der Waals surface area contributed by atoms with Gasteiger partial charge in [0.1, 0.15) is 0 Å². The second-order valence-electron chi connectivity index (χ2n) is 5.44. The number of hydrogen-bond acceptors (Lipinski definition) is 2. The monoisotopic (exact) mass is 308 g/mol. The van der Waals surface area contributed by atoms with Crippen LogP contribution in [-0.4, -0.2) is 23.6 Å². The molecule has 116 valence electrons. The smallest absolute Gasteiger partial charge is 0.288 e. The third kappa shape index (κ3) is 2.54. The van der Waals surface area contributed by atoms with Crippen molar-refractivity contribution in [2.24, 2.45) is 0 Å². The van der Waals surface area contributed by atoms with Crippen LogP contribution in [0, 0.1) is 6.92 Å². The molecule has 0 unspecified atom stereocenters. The van der Waals surface area contributed by atoms with Crippen LogP contribution in [0.5, 0.6) is 0 Å². The number of nitrogens with one attached hydrogen (secondary N) is 1. The average molecular weight is 308 g/mol. The number of nitrogens with zero attached hydrogens (tertiary/aromatic N) is 1. The van der Waals surface area contributed by atoms with Crippen molar-refractivity contribution in [1.29, 1.82) is 0 Å². The number of carbonyl (C=O) groups is 1. The second kappa shape index (κ2) is 5.28. The molecule has 3 nitrogen and oxygen atoms in total. The fourth-order valence-electron chi connectivity index (χ4n) is 3.00. The van der Waals surface area contributed by atoms with E-state index in [9.17, 15) is 18.0 Å². The lowest BCUT2D eigenvalue weighted by Crippen LogP contribution is -2.43. The molecule has 2 aromatic carbocycles. The number of aryl methyl sites for hydroxylation is 1. The maximum absolute atomic E-state index is 13.7. The van der Waals surface area contributed by atoms with E-state index in [1.54, 1.807) is 31.2 Å². The Labute approximate surface area is 125 Å². The number of alkyl halides is 3. The summed E-state index contributed by atoms with van der Waals surface area (Å²) in [6.45, 7) is 1.84. The van der Waals surface area contributed by atoms with Crippen molar-refractivity contribution in [3.8, 4) is 0 Å². The number of rotatable bonds is 2. The molecule has 1 aliphatic heterocycles. The highest BCUT2D eigenvalue weighted by molar-refractivity contribution is 5.89. The van der Waals surface area contributed by atoms with Crippen molar-refractivity contribution in [2.45, 2.75) is 25.6 Å². The van der Waals surface area contributed by atoms with E-state index in [-0.39, 0.29) is 24.4 Å². The van der Waals surface area contributed by atoms with Crippen molar-refractivity contribution in [3.63, 3.8) is 0 Å². The summed E-state index contributed by atoms with van der Waals surface area (Å²) >= 11 is 0. The van der Waals surface area contributed by atoms with E-state index in [2.05, 4.69) is 5.43 Å². The molecule has 0 aromatic heterocycles. The standard InChI is InChI=1S/C16H15F3N2O/c1-10-4-2-5-11-6-3-7-12(14(10)11)15(16(17,18)19)21-9-8-13(22)20-21/h2-7,15H,8-9H2,1H3,(H,20,22)/t15-/m0/s1. The molecule has 1 fully saturated rings. The quantitative estimate of drug-likeness (QED) is 0.921. The summed E-state index contributed by atoms with van der Waals surface area (Å²) in [5.41, 5.74) is 3.27. The third-order valence-electron chi connectivity index (χ3n) is 3.91. The lowest BCUT2D eigenvalue weighted by atomic mass is 9.94. The van der Waals surface area contributed by atoms with Gasteiger partial charge in [-0.1, -0.05) is 36.4 Å². The number of amides is 1. The molecule has 1 saturated heterocycles. The van der Waals surface area contributed by atoms with Crippen molar-refractivity contribution < 1.29 is 18.0 Å². The molecule has 0 bridgehead atoms. The SMILES string of the molecule is Cc1cccc2cccc([C@H](N3CCC(=O)N3)C(F)(F)F)c12. The van der Waals surface area contributed by atoms with Gasteiger partial charge in [0, 0.05) is 13.0 Å². The van der Waals surface area contributed by atoms with Crippen LogP contribution in [-0.2, 0) is 4.79 Å². The molecule has 1 aliphatic rings. The van der Waals surface area contributed by atoms with E-state index in [0.29, 0.717) is 5.39 Å². The van der Waals surface area contributed by atoms with E-state index in [1.807, 2.05) is 6.07 Å². The minimum Gasteiger partial charge on any atom is -0.288 e. The van der Waals surface area contributed by atoms with Crippen LogP contribution in [0.2, 0.25) is 0 Å². The molecule has 0 aliphatic carbocycles. The van der Waals surface area contributed by atoms with E-state index in [1.165, 1.54) is 6.07 Å². The van der Waals surface area contributed by atoms with E-state index < -0.39 is 12.2 Å². The summed E-state index contributed by atoms with van der Waals surface area (Å²) in [6, 6.07) is 8.46. The molecule has 22 heavy (non-hydrogen) atoms. The Hall–Kier alpha value is -2.08. The van der Waals surface area contributed by atoms with E-state index in [4.69, 9.17) is 0 Å². The number of halogens is 3. The maximum atomic E-state index is 13.7. The summed E-state index contributed by atoms with van der Waals surface area (Å²) in [5, 5.41) is 2.34. The fourth-order valence-corrected chi connectivity index (χ4v) is 3.00. The first-order chi connectivity index (χ1) is 10.4. The van der Waals surface area contributed by atoms with Crippen LogP contribution >= 0.6 is 0 Å². The highest BCUT2D eigenvalue weighted by atomic mass is 19.4. The second-order valence-corrected chi connectivity index (χ2v) is 5.44. The molecule has 1 amide bonds. The predicted molar refractivity (Wildman–Crippen MR) is 76.9 cm³/mol. The minimum atomic E-state index is -4.48. The summed E-state index contributed by atoms with van der Waals surface area (Å²) in [7, 11) is 0. The van der Waals surface area contributed by atoms with Gasteiger partial charge in [-0.25, -0.2) is 5.01 Å². The molecule has 0 spiro atoms. The van der Waals surface area contributed by atoms with Crippen LogP contribution in [0.1, 0.15) is 23.6 Å². The Balaban J connectivity index is 2.19. The van der Waals surface area contributed by atoms with Crippen LogP contribution in [0.4, 0.5) is 13.2 Å². The largest absolute Gasteiger partial charge is 0.409 e. The highest BCUT2D eigenvalue weighted by Gasteiger charge is 2.47. The molecule has 2 aromatic rings. The third-order valence-corrected chi connectivity index (χ3v) is 3.91. The number of benzene rings is 2. The van der Waals surface area contributed by atoms with Crippen molar-refractivity contribution in [1.82, 2.24) is 10.4 Å². The average Bonchev–Trinajstić information content (AvgIpc) is 2.84. The van der Waals surface area contributed by atoms with Gasteiger partial charge >= 0.3 is 6.18 Å². The van der Waals surface area contributed by atoms with Crippen LogP contribution in [0.15, 0.2) is 36.4 Å². The lowest BCUT2D eigenvalue weighted by molar-refractivity contribution is -0.190. The molecular formula is C16H15F3N2O. The highest BCUT2D eigenvalue weighted by Crippen LogP contribution is 2.41. The first-order valence-electron chi connectivity index (χ1n) is 6.99. The zero-order valence-electron chi connectivity index (χ0n) is 11.9. The molecule has 3 rings (SSSR count). The number of carbonyl (C=O) groups excluding carboxylic acids is 1. The minimum absolute atomic E-state index is 0.0469. The van der Waals surface area contributed by atoms with Gasteiger partial charge in [-0.3, -0.25) is 10.2 Å². The van der Waals surface area contributed by atoms with Gasteiger partial charge in [0.2, 0.25) is 5.91 Å². The van der Waals surface area contributed by atoms with Crippen LogP contribution in [0.3, 0.4) is 0 Å². The van der Waals surface area contributed by atoms with Crippen molar-refractivity contribution in [3.05, 3.63) is 47.5 Å². The van der Waals surface area contributed by atoms with E-state index >= 15 is 0 Å². The normalized spacial score (nSPS) is 17.7. The summed E-state index contributed by atoms with van der Waals surface area (Å²) < 4.78 is 41.0. The fraction of sp³-hybridized carbons (Fsp3) is 0.312. The first kappa shape index (κ1) is 14.8. The summed E-state index contributed by atoms with van der Waals surface area (Å²) in [4.78, 5) is 11.3. The molecular weight excluding hydrogens is 293 g/mol. The Morgan fingerprint density at radius 2 is 1.86 bits per heavy atom.